The molecule has 140 valence electrons. The topological polar surface area (TPSA) is 67.9 Å². The molecule has 0 bridgehead atoms. The maximum absolute atomic E-state index is 11.7. The third-order valence-corrected chi connectivity index (χ3v) is 4.60. The molecule has 0 atom stereocenters. The number of nitrogens with zero attached hydrogens (tertiary/aromatic N) is 3. The normalized spacial score (nSPS) is 11.4. The highest BCUT2D eigenvalue weighted by Crippen LogP contribution is 2.42. The number of hydrogen-bond acceptors (Lipinski definition) is 4. The fourth-order valence-corrected chi connectivity index (χ4v) is 3.20. The molecular formula is C23H21N3O2. The Morgan fingerprint density at radius 2 is 1.11 bits per heavy atom. The maximum Gasteiger partial charge on any atom is 0.279 e. The van der Waals surface area contributed by atoms with Crippen LogP contribution in [0.1, 0.15) is 27.8 Å². The van der Waals surface area contributed by atoms with Gasteiger partial charge in [-0.2, -0.15) is 0 Å². The highest BCUT2D eigenvalue weighted by atomic mass is 16.6. The van der Waals surface area contributed by atoms with Crippen molar-refractivity contribution in [3.8, 4) is 0 Å². The molecule has 0 unspecified atom stereocenters. The molecule has 0 aliphatic carbocycles. The minimum Gasteiger partial charge on any atom is -0.258 e. The average molecular weight is 371 g/mol. The summed E-state index contributed by atoms with van der Waals surface area (Å²) in [6.45, 7) is 5.38. The van der Waals surface area contributed by atoms with Gasteiger partial charge in [-0.15, -0.1) is 0 Å². The van der Waals surface area contributed by atoms with E-state index in [-0.39, 0.29) is 10.6 Å². The van der Waals surface area contributed by atoms with Crippen LogP contribution in [-0.2, 0) is 0 Å². The standard InChI is InChI=1S/C23H21N3O2/c1-16-21(24-14-19-10-6-4-7-11-19)17(2)23(26(27)28)18(3)22(16)25-15-20-12-8-5-9-13-20/h4-15H,1-3H3. The predicted molar refractivity (Wildman–Crippen MR) is 115 cm³/mol. The molecule has 0 aliphatic rings. The molecule has 28 heavy (non-hydrogen) atoms. The highest BCUT2D eigenvalue weighted by Gasteiger charge is 2.24. The van der Waals surface area contributed by atoms with Crippen LogP contribution in [0.5, 0.6) is 0 Å². The molecule has 0 saturated carbocycles. The Morgan fingerprint density at radius 1 is 0.714 bits per heavy atom. The van der Waals surface area contributed by atoms with Gasteiger partial charge in [-0.1, -0.05) is 60.7 Å². The number of nitro groups is 1. The summed E-state index contributed by atoms with van der Waals surface area (Å²) in [6.07, 6.45) is 3.44. The molecule has 3 aromatic carbocycles. The molecule has 0 aromatic heterocycles. The number of hydrogen-bond donors (Lipinski definition) is 0. The lowest BCUT2D eigenvalue weighted by molar-refractivity contribution is -0.385. The van der Waals surface area contributed by atoms with Gasteiger partial charge in [0, 0.05) is 18.0 Å². The molecule has 0 N–H and O–H groups in total. The van der Waals surface area contributed by atoms with E-state index < -0.39 is 0 Å². The van der Waals surface area contributed by atoms with Gasteiger partial charge in [0.25, 0.3) is 5.69 Å². The molecule has 0 spiro atoms. The van der Waals surface area contributed by atoms with E-state index in [9.17, 15) is 10.1 Å². The second kappa shape index (κ2) is 8.39. The first kappa shape index (κ1) is 19.2. The smallest absolute Gasteiger partial charge is 0.258 e. The van der Waals surface area contributed by atoms with E-state index in [1.54, 1.807) is 26.3 Å². The first-order valence-electron chi connectivity index (χ1n) is 8.95. The van der Waals surface area contributed by atoms with E-state index in [4.69, 9.17) is 0 Å². The summed E-state index contributed by atoms with van der Waals surface area (Å²) < 4.78 is 0. The van der Waals surface area contributed by atoms with E-state index in [0.717, 1.165) is 16.7 Å². The van der Waals surface area contributed by atoms with Crippen molar-refractivity contribution in [1.29, 1.82) is 0 Å². The zero-order valence-electron chi connectivity index (χ0n) is 16.1. The van der Waals surface area contributed by atoms with Gasteiger partial charge in [-0.05, 0) is 31.9 Å². The molecule has 0 heterocycles. The summed E-state index contributed by atoms with van der Waals surface area (Å²) in [6, 6.07) is 19.3. The Bertz CT molecular complexity index is 980. The van der Waals surface area contributed by atoms with Crippen LogP contribution in [0, 0.1) is 30.9 Å². The van der Waals surface area contributed by atoms with E-state index in [2.05, 4.69) is 9.98 Å². The van der Waals surface area contributed by atoms with Crippen LogP contribution in [-0.4, -0.2) is 17.4 Å². The number of nitro benzene ring substituents is 1. The summed E-state index contributed by atoms with van der Waals surface area (Å²) in [5.74, 6) is 0. The van der Waals surface area contributed by atoms with Gasteiger partial charge in [-0.3, -0.25) is 20.1 Å². The molecule has 0 saturated heterocycles. The van der Waals surface area contributed by atoms with Gasteiger partial charge in [-0.25, -0.2) is 0 Å². The Hall–Kier alpha value is -3.60. The maximum atomic E-state index is 11.7. The van der Waals surface area contributed by atoms with Crippen molar-refractivity contribution in [2.24, 2.45) is 9.98 Å². The lowest BCUT2D eigenvalue weighted by Crippen LogP contribution is -1.99. The summed E-state index contributed by atoms with van der Waals surface area (Å²) in [5, 5.41) is 11.7. The minimum absolute atomic E-state index is 0.0611. The summed E-state index contributed by atoms with van der Waals surface area (Å²) in [7, 11) is 0. The number of benzene rings is 3. The summed E-state index contributed by atoms with van der Waals surface area (Å²) >= 11 is 0. The van der Waals surface area contributed by atoms with Gasteiger partial charge < -0.3 is 0 Å². The molecule has 0 fully saturated rings. The summed E-state index contributed by atoms with van der Waals surface area (Å²) in [4.78, 5) is 20.5. The monoisotopic (exact) mass is 371 g/mol. The average Bonchev–Trinajstić information content (AvgIpc) is 2.69. The van der Waals surface area contributed by atoms with Crippen molar-refractivity contribution in [2.75, 3.05) is 0 Å². The second-order valence-corrected chi connectivity index (χ2v) is 6.52. The highest BCUT2D eigenvalue weighted by molar-refractivity contribution is 5.88. The molecule has 0 aliphatic heterocycles. The van der Waals surface area contributed by atoms with Crippen molar-refractivity contribution in [1.82, 2.24) is 0 Å². The van der Waals surface area contributed by atoms with Crippen LogP contribution in [0.15, 0.2) is 70.6 Å². The molecule has 3 aromatic rings. The van der Waals surface area contributed by atoms with Crippen LogP contribution >= 0.6 is 0 Å². The molecule has 5 nitrogen and oxygen atoms in total. The van der Waals surface area contributed by atoms with E-state index in [1.807, 2.05) is 67.6 Å². The number of rotatable bonds is 5. The third kappa shape index (κ3) is 4.04. The van der Waals surface area contributed by atoms with Crippen LogP contribution in [0.2, 0.25) is 0 Å². The van der Waals surface area contributed by atoms with Gasteiger partial charge in [0.2, 0.25) is 0 Å². The third-order valence-electron chi connectivity index (χ3n) is 4.60. The quantitative estimate of drug-likeness (QED) is 0.312. The van der Waals surface area contributed by atoms with Crippen molar-refractivity contribution < 1.29 is 4.92 Å². The fraction of sp³-hybridized carbons (Fsp3) is 0.130. The fourth-order valence-electron chi connectivity index (χ4n) is 3.20. The number of aliphatic imine (C=N–C) groups is 2. The zero-order chi connectivity index (χ0) is 20.1. The molecule has 3 rings (SSSR count). The van der Waals surface area contributed by atoms with E-state index >= 15 is 0 Å². The van der Waals surface area contributed by atoms with Crippen LogP contribution in [0.4, 0.5) is 17.1 Å². The first-order valence-corrected chi connectivity index (χ1v) is 8.95. The Labute approximate surface area is 164 Å². The first-order chi connectivity index (χ1) is 13.5. The molecular weight excluding hydrogens is 350 g/mol. The van der Waals surface area contributed by atoms with Crippen molar-refractivity contribution in [2.45, 2.75) is 20.8 Å². The molecule has 0 radical (unpaired) electrons. The lowest BCUT2D eigenvalue weighted by atomic mass is 9.99. The van der Waals surface area contributed by atoms with Crippen LogP contribution in [0.25, 0.3) is 0 Å². The van der Waals surface area contributed by atoms with Crippen LogP contribution in [0.3, 0.4) is 0 Å². The Balaban J connectivity index is 2.14. The van der Waals surface area contributed by atoms with Gasteiger partial charge in [0.1, 0.15) is 0 Å². The van der Waals surface area contributed by atoms with Gasteiger partial charge in [0.05, 0.1) is 27.4 Å². The summed E-state index contributed by atoms with van der Waals surface area (Å²) in [5.41, 5.74) is 5.00. The van der Waals surface area contributed by atoms with E-state index in [0.29, 0.717) is 22.5 Å². The zero-order valence-corrected chi connectivity index (χ0v) is 16.1. The van der Waals surface area contributed by atoms with Crippen molar-refractivity contribution >= 4 is 29.5 Å². The van der Waals surface area contributed by atoms with Gasteiger partial charge >= 0.3 is 0 Å². The van der Waals surface area contributed by atoms with E-state index in [1.165, 1.54) is 0 Å². The van der Waals surface area contributed by atoms with Crippen molar-refractivity contribution in [3.05, 3.63) is 98.6 Å². The second-order valence-electron chi connectivity index (χ2n) is 6.52. The van der Waals surface area contributed by atoms with Gasteiger partial charge in [0.15, 0.2) is 0 Å². The molecule has 0 amide bonds. The SMILES string of the molecule is Cc1c(N=Cc2ccccc2)c(C)c([N+](=O)[O-])c(C)c1N=Cc1ccccc1. The largest absolute Gasteiger partial charge is 0.279 e. The Morgan fingerprint density at radius 3 is 1.46 bits per heavy atom. The minimum atomic E-state index is -0.354. The predicted octanol–water partition coefficient (Wildman–Crippen LogP) is 6.02. The molecule has 5 heteroatoms. The van der Waals surface area contributed by atoms with Crippen molar-refractivity contribution in [3.63, 3.8) is 0 Å². The lowest BCUT2D eigenvalue weighted by Gasteiger charge is -2.12. The van der Waals surface area contributed by atoms with Crippen LogP contribution < -0.4 is 0 Å². The Kier molecular flexibility index (Phi) is 5.75.